The smallest absolute Gasteiger partial charge is 0.273 e. The molecule has 4 rings (SSSR count). The molecule has 0 radical (unpaired) electrons. The zero-order chi connectivity index (χ0) is 18.4. The maximum absolute atomic E-state index is 13.2. The summed E-state index contributed by atoms with van der Waals surface area (Å²) >= 11 is 0. The van der Waals surface area contributed by atoms with Crippen LogP contribution in [0.25, 0.3) is 0 Å². The fourth-order valence-corrected chi connectivity index (χ4v) is 3.90. The van der Waals surface area contributed by atoms with Crippen LogP contribution in [0.5, 0.6) is 0 Å². The van der Waals surface area contributed by atoms with Crippen LogP contribution in [-0.2, 0) is 32.9 Å². The van der Waals surface area contributed by atoms with Crippen molar-refractivity contribution >= 4 is 17.8 Å². The van der Waals surface area contributed by atoms with Crippen molar-refractivity contribution in [2.75, 3.05) is 12.3 Å². The minimum Gasteiger partial charge on any atom is -0.368 e. The first kappa shape index (κ1) is 16.5. The first-order chi connectivity index (χ1) is 12.5. The molecule has 3 heterocycles. The highest BCUT2D eigenvalue weighted by Gasteiger charge is 2.31. The second-order valence-electron chi connectivity index (χ2n) is 6.80. The summed E-state index contributed by atoms with van der Waals surface area (Å²) in [5, 5.41) is 4.20. The van der Waals surface area contributed by atoms with E-state index in [0.29, 0.717) is 25.2 Å². The van der Waals surface area contributed by atoms with Crippen LogP contribution in [0.1, 0.15) is 56.3 Å². The third kappa shape index (κ3) is 2.59. The Hall–Kier alpha value is -2.97. The van der Waals surface area contributed by atoms with Crippen LogP contribution in [-0.4, -0.2) is 43.0 Å². The number of nitrogens with zero attached hydrogens (tertiary/aromatic N) is 5. The van der Waals surface area contributed by atoms with Crippen molar-refractivity contribution < 1.29 is 9.59 Å². The minimum absolute atomic E-state index is 0.130. The Kier molecular flexibility index (Phi) is 3.86. The molecule has 26 heavy (non-hydrogen) atoms. The van der Waals surface area contributed by atoms with E-state index in [4.69, 9.17) is 11.5 Å². The number of rotatable bonds is 2. The molecule has 0 unspecified atom stereocenters. The molecule has 0 fully saturated rings. The molecule has 2 amide bonds. The first-order valence-electron chi connectivity index (χ1n) is 8.74. The van der Waals surface area contributed by atoms with Crippen molar-refractivity contribution in [1.29, 1.82) is 0 Å². The number of hydrogen-bond donors (Lipinski definition) is 2. The molecule has 1 aliphatic carbocycles. The lowest BCUT2D eigenvalue weighted by molar-refractivity contribution is 0.0723. The molecule has 136 valence electrons. The van der Waals surface area contributed by atoms with Gasteiger partial charge in [0.25, 0.3) is 11.8 Å². The number of aromatic nitrogens is 4. The lowest BCUT2D eigenvalue weighted by Crippen LogP contribution is -2.38. The van der Waals surface area contributed by atoms with Crippen LogP contribution < -0.4 is 11.5 Å². The molecule has 0 saturated carbocycles. The van der Waals surface area contributed by atoms with Gasteiger partial charge in [-0.15, -0.1) is 0 Å². The summed E-state index contributed by atoms with van der Waals surface area (Å²) in [4.78, 5) is 35.1. The summed E-state index contributed by atoms with van der Waals surface area (Å²) in [6.07, 6.45) is 4.28. The predicted molar refractivity (Wildman–Crippen MR) is 93.3 cm³/mol. The van der Waals surface area contributed by atoms with Gasteiger partial charge < -0.3 is 16.4 Å². The fraction of sp³-hybridized carbons (Fsp3) is 0.471. The number of anilines is 1. The average Bonchev–Trinajstić information content (AvgIpc) is 2.97. The fourth-order valence-electron chi connectivity index (χ4n) is 3.90. The number of primary amides is 1. The molecule has 2 aromatic rings. The topological polar surface area (TPSA) is 133 Å². The van der Waals surface area contributed by atoms with E-state index in [1.165, 1.54) is 0 Å². The van der Waals surface area contributed by atoms with Gasteiger partial charge in [0, 0.05) is 42.5 Å². The molecule has 2 aromatic heterocycles. The van der Waals surface area contributed by atoms with Gasteiger partial charge in [-0.25, -0.2) is 9.97 Å². The Morgan fingerprint density at radius 1 is 1.04 bits per heavy atom. The van der Waals surface area contributed by atoms with Gasteiger partial charge >= 0.3 is 0 Å². The van der Waals surface area contributed by atoms with Gasteiger partial charge in [0.1, 0.15) is 5.69 Å². The van der Waals surface area contributed by atoms with Gasteiger partial charge in [-0.1, -0.05) is 0 Å². The average molecular weight is 355 g/mol. The number of aryl methyl sites for hydroxylation is 2. The van der Waals surface area contributed by atoms with E-state index in [-0.39, 0.29) is 17.5 Å². The van der Waals surface area contributed by atoms with E-state index in [9.17, 15) is 9.59 Å². The number of fused-ring (bicyclic) bond motifs is 2. The molecule has 2 aliphatic rings. The van der Waals surface area contributed by atoms with E-state index in [1.54, 1.807) is 16.6 Å². The highest BCUT2D eigenvalue weighted by molar-refractivity contribution is 5.95. The summed E-state index contributed by atoms with van der Waals surface area (Å²) in [5.74, 6) is -0.632. The van der Waals surface area contributed by atoms with Crippen molar-refractivity contribution in [3.63, 3.8) is 0 Å². The molecule has 9 nitrogen and oxygen atoms in total. The van der Waals surface area contributed by atoms with E-state index in [2.05, 4.69) is 15.1 Å². The SMILES string of the molecule is Cn1nc(C(N)=O)c2c1CCN(C(=O)c1nc(N)nc3c1CCCC3)C2. The van der Waals surface area contributed by atoms with Crippen LogP contribution in [0.4, 0.5) is 5.95 Å². The normalized spacial score (nSPS) is 16.1. The second-order valence-corrected chi connectivity index (χ2v) is 6.80. The highest BCUT2D eigenvalue weighted by atomic mass is 16.2. The van der Waals surface area contributed by atoms with Crippen LogP contribution in [0.15, 0.2) is 0 Å². The van der Waals surface area contributed by atoms with Gasteiger partial charge in [0.15, 0.2) is 5.69 Å². The van der Waals surface area contributed by atoms with E-state index < -0.39 is 5.91 Å². The number of amides is 2. The van der Waals surface area contributed by atoms with Crippen molar-refractivity contribution in [1.82, 2.24) is 24.6 Å². The molecular formula is C17H21N7O2. The number of carbonyl (C=O) groups is 2. The first-order valence-corrected chi connectivity index (χ1v) is 8.74. The lowest BCUT2D eigenvalue weighted by atomic mass is 9.94. The summed E-state index contributed by atoms with van der Waals surface area (Å²) in [6, 6.07) is 0. The summed E-state index contributed by atoms with van der Waals surface area (Å²) in [6.45, 7) is 0.821. The number of hydrogen-bond acceptors (Lipinski definition) is 6. The van der Waals surface area contributed by atoms with Gasteiger partial charge in [0.2, 0.25) is 5.95 Å². The lowest BCUT2D eigenvalue weighted by Gasteiger charge is -2.28. The Labute approximate surface area is 150 Å². The van der Waals surface area contributed by atoms with Gasteiger partial charge in [-0.3, -0.25) is 14.3 Å². The molecule has 0 atom stereocenters. The molecule has 1 aliphatic heterocycles. The largest absolute Gasteiger partial charge is 0.368 e. The number of nitrogens with two attached hydrogens (primary N) is 2. The van der Waals surface area contributed by atoms with Gasteiger partial charge in [-0.2, -0.15) is 5.10 Å². The van der Waals surface area contributed by atoms with Crippen LogP contribution >= 0.6 is 0 Å². The Morgan fingerprint density at radius 3 is 2.58 bits per heavy atom. The van der Waals surface area contributed by atoms with E-state index >= 15 is 0 Å². The Balaban J connectivity index is 1.69. The van der Waals surface area contributed by atoms with Crippen molar-refractivity contribution in [3.8, 4) is 0 Å². The standard InChI is InChI=1S/C17H21N7O2/c1-23-12-6-7-24(8-10(12)13(22-23)15(18)25)16(26)14-9-4-2-3-5-11(9)20-17(19)21-14/h2-8H2,1H3,(H2,18,25)(H2,19,20,21). The number of carbonyl (C=O) groups excluding carboxylic acids is 2. The minimum atomic E-state index is -0.584. The zero-order valence-electron chi connectivity index (χ0n) is 14.7. The third-order valence-corrected chi connectivity index (χ3v) is 5.17. The highest BCUT2D eigenvalue weighted by Crippen LogP contribution is 2.27. The van der Waals surface area contributed by atoms with Crippen LogP contribution in [0.2, 0.25) is 0 Å². The van der Waals surface area contributed by atoms with Crippen molar-refractivity contribution in [2.24, 2.45) is 12.8 Å². The van der Waals surface area contributed by atoms with Gasteiger partial charge in [-0.05, 0) is 25.7 Å². The summed E-state index contributed by atoms with van der Waals surface area (Å²) < 4.78 is 1.67. The molecule has 0 aromatic carbocycles. The Morgan fingerprint density at radius 2 is 1.81 bits per heavy atom. The van der Waals surface area contributed by atoms with E-state index in [0.717, 1.165) is 48.2 Å². The molecule has 0 spiro atoms. The molecular weight excluding hydrogens is 334 g/mol. The van der Waals surface area contributed by atoms with Gasteiger partial charge in [0.05, 0.1) is 6.54 Å². The predicted octanol–water partition coefficient (Wildman–Crippen LogP) is -0.0315. The Bertz CT molecular complexity index is 918. The molecule has 0 bridgehead atoms. The molecule has 9 heteroatoms. The van der Waals surface area contributed by atoms with Crippen LogP contribution in [0.3, 0.4) is 0 Å². The van der Waals surface area contributed by atoms with E-state index in [1.807, 2.05) is 0 Å². The quantitative estimate of drug-likeness (QED) is 0.777. The molecule has 0 saturated heterocycles. The molecule has 4 N–H and O–H groups in total. The number of nitrogen functional groups attached to an aromatic ring is 1. The van der Waals surface area contributed by atoms with Crippen molar-refractivity contribution in [2.45, 2.75) is 38.6 Å². The maximum atomic E-state index is 13.2. The maximum Gasteiger partial charge on any atom is 0.273 e. The zero-order valence-corrected chi connectivity index (χ0v) is 14.7. The second kappa shape index (κ2) is 6.08. The summed E-state index contributed by atoms with van der Waals surface area (Å²) in [5.41, 5.74) is 15.3. The van der Waals surface area contributed by atoms with Crippen LogP contribution in [0, 0.1) is 0 Å². The monoisotopic (exact) mass is 355 g/mol. The third-order valence-electron chi connectivity index (χ3n) is 5.17. The summed E-state index contributed by atoms with van der Waals surface area (Å²) in [7, 11) is 1.78. The van der Waals surface area contributed by atoms with Crippen molar-refractivity contribution in [3.05, 3.63) is 33.9 Å².